The fourth-order valence-electron chi connectivity index (χ4n) is 2.22. The highest BCUT2D eigenvalue weighted by molar-refractivity contribution is 7.99. The molecule has 0 atom stereocenters. The first kappa shape index (κ1) is 18.9. The molecule has 0 spiro atoms. The molecular formula is C19H16ClFN2OS2. The minimum Gasteiger partial charge on any atom is -0.302 e. The number of hydrogen-bond donors (Lipinski definition) is 1. The van der Waals surface area contributed by atoms with E-state index < -0.39 is 0 Å². The van der Waals surface area contributed by atoms with E-state index in [0.717, 1.165) is 28.3 Å². The molecule has 26 heavy (non-hydrogen) atoms. The van der Waals surface area contributed by atoms with Gasteiger partial charge in [0.2, 0.25) is 5.91 Å². The van der Waals surface area contributed by atoms with E-state index in [1.807, 2.05) is 29.6 Å². The van der Waals surface area contributed by atoms with Crippen molar-refractivity contribution in [3.05, 3.63) is 64.8 Å². The number of nitrogens with one attached hydrogen (secondary N) is 1. The Balaban J connectivity index is 1.43. The first-order chi connectivity index (χ1) is 12.6. The average Bonchev–Trinajstić information content (AvgIpc) is 3.09. The summed E-state index contributed by atoms with van der Waals surface area (Å²) in [5.74, 6) is 0.504. The summed E-state index contributed by atoms with van der Waals surface area (Å²) in [4.78, 5) is 17.5. The van der Waals surface area contributed by atoms with Crippen molar-refractivity contribution in [2.75, 3.05) is 11.1 Å². The van der Waals surface area contributed by atoms with Gasteiger partial charge in [-0.2, -0.15) is 0 Å². The molecule has 0 aliphatic rings. The number of carbonyl (C=O) groups excluding carboxylic acids is 1. The monoisotopic (exact) mass is 406 g/mol. The quantitative estimate of drug-likeness (QED) is 0.380. The number of aromatic nitrogens is 1. The zero-order chi connectivity index (χ0) is 18.4. The third-order valence-corrected chi connectivity index (χ3v) is 5.63. The van der Waals surface area contributed by atoms with Crippen LogP contribution in [0.1, 0.15) is 12.8 Å². The lowest BCUT2D eigenvalue weighted by molar-refractivity contribution is -0.116. The lowest BCUT2D eigenvalue weighted by atomic mass is 10.2. The molecule has 0 unspecified atom stereocenters. The third-order valence-electron chi connectivity index (χ3n) is 3.52. The van der Waals surface area contributed by atoms with Gasteiger partial charge in [-0.05, 0) is 48.6 Å². The van der Waals surface area contributed by atoms with E-state index in [0.29, 0.717) is 16.6 Å². The molecule has 1 aromatic heterocycles. The number of halogens is 2. The van der Waals surface area contributed by atoms with Gasteiger partial charge in [-0.3, -0.25) is 4.79 Å². The fraction of sp³-hybridized carbons (Fsp3) is 0.158. The molecule has 1 amide bonds. The minimum atomic E-state index is -0.241. The maximum absolute atomic E-state index is 12.8. The Bertz CT molecular complexity index is 866. The molecule has 134 valence electrons. The highest BCUT2D eigenvalue weighted by atomic mass is 35.5. The van der Waals surface area contributed by atoms with Gasteiger partial charge in [0, 0.05) is 27.3 Å². The third kappa shape index (κ3) is 5.56. The van der Waals surface area contributed by atoms with Crippen LogP contribution >= 0.6 is 34.7 Å². The molecule has 7 heteroatoms. The van der Waals surface area contributed by atoms with Gasteiger partial charge < -0.3 is 5.32 Å². The van der Waals surface area contributed by atoms with Crippen LogP contribution in [-0.2, 0) is 4.79 Å². The van der Waals surface area contributed by atoms with Crippen molar-refractivity contribution < 1.29 is 9.18 Å². The van der Waals surface area contributed by atoms with Crippen molar-refractivity contribution in [2.45, 2.75) is 17.7 Å². The topological polar surface area (TPSA) is 42.0 Å². The summed E-state index contributed by atoms with van der Waals surface area (Å²) in [6.07, 6.45) is 1.16. The Morgan fingerprint density at radius 3 is 2.62 bits per heavy atom. The van der Waals surface area contributed by atoms with Crippen LogP contribution in [0.3, 0.4) is 0 Å². The molecule has 0 aliphatic carbocycles. The smallest absolute Gasteiger partial charge is 0.226 e. The summed E-state index contributed by atoms with van der Waals surface area (Å²) >= 11 is 8.89. The second-order valence-electron chi connectivity index (χ2n) is 5.50. The zero-order valence-corrected chi connectivity index (χ0v) is 16.1. The van der Waals surface area contributed by atoms with Gasteiger partial charge in [-0.15, -0.1) is 23.1 Å². The molecule has 1 N–H and O–H groups in total. The molecule has 3 rings (SSSR count). The molecule has 0 fully saturated rings. The molecule has 2 aromatic carbocycles. The van der Waals surface area contributed by atoms with Crippen molar-refractivity contribution in [3.63, 3.8) is 0 Å². The lowest BCUT2D eigenvalue weighted by Crippen LogP contribution is -2.11. The van der Waals surface area contributed by atoms with E-state index in [1.54, 1.807) is 23.9 Å². The highest BCUT2D eigenvalue weighted by Gasteiger charge is 2.08. The number of nitrogens with zero attached hydrogens (tertiary/aromatic N) is 1. The van der Waals surface area contributed by atoms with Crippen LogP contribution in [-0.4, -0.2) is 16.6 Å². The Kier molecular flexibility index (Phi) is 6.66. The number of carbonyl (C=O) groups is 1. The summed E-state index contributed by atoms with van der Waals surface area (Å²) in [6, 6.07) is 13.8. The predicted molar refractivity (Wildman–Crippen MR) is 108 cm³/mol. The van der Waals surface area contributed by atoms with Crippen LogP contribution in [0.4, 0.5) is 9.52 Å². The lowest BCUT2D eigenvalue weighted by Gasteiger charge is -2.03. The number of anilines is 1. The number of thiazole rings is 1. The Morgan fingerprint density at radius 2 is 1.88 bits per heavy atom. The Labute approximate surface area is 164 Å². The summed E-state index contributed by atoms with van der Waals surface area (Å²) < 4.78 is 12.8. The van der Waals surface area contributed by atoms with Crippen molar-refractivity contribution >= 4 is 45.7 Å². The molecule has 3 nitrogen and oxygen atoms in total. The summed E-state index contributed by atoms with van der Waals surface area (Å²) in [5, 5.41) is 6.01. The molecule has 0 saturated heterocycles. The van der Waals surface area contributed by atoms with Crippen molar-refractivity contribution in [2.24, 2.45) is 0 Å². The van der Waals surface area contributed by atoms with E-state index in [2.05, 4.69) is 10.3 Å². The van der Waals surface area contributed by atoms with E-state index in [-0.39, 0.29) is 11.7 Å². The predicted octanol–water partition coefficient (Wildman–Crippen LogP) is 6.11. The molecule has 1 heterocycles. The van der Waals surface area contributed by atoms with Crippen LogP contribution in [0.2, 0.25) is 5.02 Å². The number of hydrogen-bond acceptors (Lipinski definition) is 4. The SMILES string of the molecule is O=C(CCCSc1ccc(F)cc1)Nc1nc(-c2ccc(Cl)cc2)cs1. The minimum absolute atomic E-state index is 0.0540. The normalized spacial score (nSPS) is 10.7. The molecule has 3 aromatic rings. The van der Waals surface area contributed by atoms with Crippen LogP contribution in [0.5, 0.6) is 0 Å². The van der Waals surface area contributed by atoms with E-state index in [9.17, 15) is 9.18 Å². The van der Waals surface area contributed by atoms with Crippen LogP contribution in [0.15, 0.2) is 58.8 Å². The van der Waals surface area contributed by atoms with Gasteiger partial charge in [0.05, 0.1) is 5.69 Å². The van der Waals surface area contributed by atoms with Gasteiger partial charge in [0.1, 0.15) is 5.82 Å². The maximum atomic E-state index is 12.8. The van der Waals surface area contributed by atoms with Gasteiger partial charge in [-0.25, -0.2) is 9.37 Å². The first-order valence-electron chi connectivity index (χ1n) is 8.00. The standard InChI is InChI=1S/C19H16ClFN2OS2/c20-14-5-3-13(4-6-14)17-12-26-19(22-17)23-18(24)2-1-11-25-16-9-7-15(21)8-10-16/h3-10,12H,1-2,11H2,(H,22,23,24). The van der Waals surface area contributed by atoms with Gasteiger partial charge in [0.15, 0.2) is 5.13 Å². The fourth-order valence-corrected chi connectivity index (χ4v) is 3.93. The van der Waals surface area contributed by atoms with Gasteiger partial charge in [0.25, 0.3) is 0 Å². The molecule has 0 aliphatic heterocycles. The number of thioether (sulfide) groups is 1. The van der Waals surface area contributed by atoms with Crippen molar-refractivity contribution in [1.82, 2.24) is 4.98 Å². The van der Waals surface area contributed by atoms with E-state index >= 15 is 0 Å². The number of rotatable bonds is 7. The molecule has 0 radical (unpaired) electrons. The highest BCUT2D eigenvalue weighted by Crippen LogP contribution is 2.26. The van der Waals surface area contributed by atoms with E-state index in [1.165, 1.54) is 23.5 Å². The van der Waals surface area contributed by atoms with Crippen LogP contribution in [0, 0.1) is 5.82 Å². The Hall–Kier alpha value is -1.89. The largest absolute Gasteiger partial charge is 0.302 e. The summed E-state index contributed by atoms with van der Waals surface area (Å²) in [6.45, 7) is 0. The number of amides is 1. The van der Waals surface area contributed by atoms with Crippen molar-refractivity contribution in [1.29, 1.82) is 0 Å². The summed E-state index contributed by atoms with van der Waals surface area (Å²) in [5.41, 5.74) is 1.77. The second kappa shape index (κ2) is 9.16. The first-order valence-corrected chi connectivity index (χ1v) is 10.2. The maximum Gasteiger partial charge on any atom is 0.226 e. The van der Waals surface area contributed by atoms with Gasteiger partial charge in [-0.1, -0.05) is 23.7 Å². The van der Waals surface area contributed by atoms with Gasteiger partial charge >= 0.3 is 0 Å². The molecule has 0 saturated carbocycles. The van der Waals surface area contributed by atoms with E-state index in [4.69, 9.17) is 11.6 Å². The van der Waals surface area contributed by atoms with Crippen LogP contribution in [0.25, 0.3) is 11.3 Å². The average molecular weight is 407 g/mol. The molecular weight excluding hydrogens is 391 g/mol. The van der Waals surface area contributed by atoms with Crippen LogP contribution < -0.4 is 5.32 Å². The zero-order valence-electron chi connectivity index (χ0n) is 13.7. The summed E-state index contributed by atoms with van der Waals surface area (Å²) in [7, 11) is 0. The van der Waals surface area contributed by atoms with Crippen molar-refractivity contribution in [3.8, 4) is 11.3 Å². The number of benzene rings is 2. The Morgan fingerprint density at radius 1 is 1.15 bits per heavy atom. The second-order valence-corrected chi connectivity index (χ2v) is 7.96. The molecule has 0 bridgehead atoms.